The highest BCUT2D eigenvalue weighted by Crippen LogP contribution is 2.28. The van der Waals surface area contributed by atoms with Crippen molar-refractivity contribution in [3.05, 3.63) is 66.0 Å². The molecule has 0 unspecified atom stereocenters. The molecule has 20 heavy (non-hydrogen) atoms. The van der Waals surface area contributed by atoms with E-state index in [9.17, 15) is 9.59 Å². The number of imide groups is 1. The molecule has 1 aromatic heterocycles. The molecule has 1 aliphatic heterocycles. The number of pyridine rings is 1. The van der Waals surface area contributed by atoms with E-state index in [2.05, 4.69) is 4.98 Å². The number of nitrogens with zero attached hydrogens (tertiary/aromatic N) is 2. The quantitative estimate of drug-likeness (QED) is 0.839. The molecule has 3 rings (SSSR count). The van der Waals surface area contributed by atoms with Crippen molar-refractivity contribution in [2.24, 2.45) is 0 Å². The maximum Gasteiger partial charge on any atom is 0.417 e. The molecule has 2 heterocycles. The predicted octanol–water partition coefficient (Wildman–Crippen LogP) is 2.42. The predicted molar refractivity (Wildman–Crippen MR) is 70.9 cm³/mol. The van der Waals surface area contributed by atoms with Gasteiger partial charge in [0.25, 0.3) is 5.91 Å². The van der Waals surface area contributed by atoms with Gasteiger partial charge in [-0.3, -0.25) is 9.78 Å². The summed E-state index contributed by atoms with van der Waals surface area (Å²) in [4.78, 5) is 29.3. The van der Waals surface area contributed by atoms with E-state index in [1.807, 2.05) is 30.3 Å². The Morgan fingerprint density at radius 3 is 2.70 bits per heavy atom. The lowest BCUT2D eigenvalue weighted by molar-refractivity contribution is 0.0773. The minimum absolute atomic E-state index is 0.175. The van der Waals surface area contributed by atoms with Crippen molar-refractivity contribution < 1.29 is 14.3 Å². The van der Waals surface area contributed by atoms with Crippen LogP contribution in [0.15, 0.2) is 54.9 Å². The molecule has 1 aromatic carbocycles. The Morgan fingerprint density at radius 1 is 1.20 bits per heavy atom. The average molecular weight is 268 g/mol. The van der Waals surface area contributed by atoms with E-state index in [1.165, 1.54) is 6.20 Å². The molecule has 2 aromatic rings. The molecule has 5 nitrogen and oxygen atoms in total. The van der Waals surface area contributed by atoms with Crippen molar-refractivity contribution >= 4 is 12.0 Å². The second kappa shape index (κ2) is 5.13. The Morgan fingerprint density at radius 2 is 2.00 bits per heavy atom. The fraction of sp³-hybridized carbons (Fsp3) is 0.133. The highest BCUT2D eigenvalue weighted by molar-refractivity contribution is 6.03. The van der Waals surface area contributed by atoms with Crippen molar-refractivity contribution in [3.63, 3.8) is 0 Å². The second-order valence-corrected chi connectivity index (χ2v) is 4.42. The van der Waals surface area contributed by atoms with Gasteiger partial charge in [-0.05, 0) is 17.7 Å². The van der Waals surface area contributed by atoms with Gasteiger partial charge in [-0.1, -0.05) is 30.3 Å². The first kappa shape index (κ1) is 12.3. The lowest BCUT2D eigenvalue weighted by atomic mass is 10.1. The van der Waals surface area contributed by atoms with Crippen molar-refractivity contribution in [2.45, 2.75) is 6.04 Å². The smallest absolute Gasteiger partial charge is 0.417 e. The molecule has 0 N–H and O–H groups in total. The highest BCUT2D eigenvalue weighted by Gasteiger charge is 2.39. The Bertz CT molecular complexity index is 628. The van der Waals surface area contributed by atoms with Gasteiger partial charge in [0.15, 0.2) is 0 Å². The Balaban J connectivity index is 1.94. The van der Waals surface area contributed by atoms with Gasteiger partial charge in [0.05, 0.1) is 5.56 Å². The summed E-state index contributed by atoms with van der Waals surface area (Å²) in [5, 5.41) is 0. The van der Waals surface area contributed by atoms with Crippen LogP contribution in [0.1, 0.15) is 22.0 Å². The minimum Gasteiger partial charge on any atom is -0.446 e. The van der Waals surface area contributed by atoms with Gasteiger partial charge >= 0.3 is 6.09 Å². The van der Waals surface area contributed by atoms with Crippen LogP contribution in [-0.4, -0.2) is 28.5 Å². The molecular formula is C15H12N2O3. The van der Waals surface area contributed by atoms with E-state index in [0.29, 0.717) is 5.56 Å². The van der Waals surface area contributed by atoms with Crippen LogP contribution in [0.3, 0.4) is 0 Å². The largest absolute Gasteiger partial charge is 0.446 e. The first-order chi connectivity index (χ1) is 9.77. The van der Waals surface area contributed by atoms with Crippen LogP contribution < -0.4 is 0 Å². The van der Waals surface area contributed by atoms with Crippen LogP contribution >= 0.6 is 0 Å². The van der Waals surface area contributed by atoms with Crippen LogP contribution in [0.25, 0.3) is 0 Å². The van der Waals surface area contributed by atoms with Crippen LogP contribution in [0, 0.1) is 0 Å². The number of aromatic nitrogens is 1. The summed E-state index contributed by atoms with van der Waals surface area (Å²) >= 11 is 0. The normalized spacial score (nSPS) is 17.9. The van der Waals surface area contributed by atoms with E-state index in [-0.39, 0.29) is 6.61 Å². The molecule has 0 spiro atoms. The summed E-state index contributed by atoms with van der Waals surface area (Å²) in [5.41, 5.74) is 1.24. The van der Waals surface area contributed by atoms with Crippen molar-refractivity contribution in [3.8, 4) is 0 Å². The molecule has 0 radical (unpaired) electrons. The Hall–Kier alpha value is -2.69. The minimum atomic E-state index is -0.618. The first-order valence-corrected chi connectivity index (χ1v) is 6.22. The second-order valence-electron chi connectivity index (χ2n) is 4.42. The molecule has 0 aliphatic carbocycles. The first-order valence-electron chi connectivity index (χ1n) is 6.22. The Kier molecular flexibility index (Phi) is 3.16. The number of carbonyl (C=O) groups is 2. The number of rotatable bonds is 2. The Labute approximate surface area is 115 Å². The summed E-state index contributed by atoms with van der Waals surface area (Å²) in [6.45, 7) is 0.175. The number of ether oxygens (including phenoxy) is 1. The topological polar surface area (TPSA) is 59.5 Å². The summed E-state index contributed by atoms with van der Waals surface area (Å²) in [5.74, 6) is -0.394. The van der Waals surface area contributed by atoms with Crippen molar-refractivity contribution in [1.82, 2.24) is 9.88 Å². The molecule has 2 amide bonds. The highest BCUT2D eigenvalue weighted by atomic mass is 16.6. The van der Waals surface area contributed by atoms with Crippen LogP contribution in [0.4, 0.5) is 4.79 Å². The molecule has 100 valence electrons. The third-order valence-electron chi connectivity index (χ3n) is 3.18. The van der Waals surface area contributed by atoms with E-state index in [4.69, 9.17) is 4.74 Å². The van der Waals surface area contributed by atoms with Crippen LogP contribution in [-0.2, 0) is 4.74 Å². The molecule has 5 heteroatoms. The van der Waals surface area contributed by atoms with Crippen LogP contribution in [0.5, 0.6) is 0 Å². The fourth-order valence-corrected chi connectivity index (χ4v) is 2.19. The number of hydrogen-bond acceptors (Lipinski definition) is 4. The monoisotopic (exact) mass is 268 g/mol. The molecular weight excluding hydrogens is 256 g/mol. The van der Waals surface area contributed by atoms with Crippen molar-refractivity contribution in [1.29, 1.82) is 0 Å². The average Bonchev–Trinajstić information content (AvgIpc) is 2.90. The lowest BCUT2D eigenvalue weighted by Crippen LogP contribution is -2.34. The van der Waals surface area contributed by atoms with E-state index in [1.54, 1.807) is 18.3 Å². The zero-order valence-electron chi connectivity index (χ0n) is 10.6. The molecule has 1 saturated heterocycles. The number of carbonyl (C=O) groups excluding carboxylic acids is 2. The van der Waals surface area contributed by atoms with Crippen LogP contribution in [0.2, 0.25) is 0 Å². The number of hydrogen-bond donors (Lipinski definition) is 0. The molecule has 0 bridgehead atoms. The van der Waals surface area contributed by atoms with Gasteiger partial charge in [-0.15, -0.1) is 0 Å². The zero-order valence-corrected chi connectivity index (χ0v) is 10.6. The van der Waals surface area contributed by atoms with E-state index < -0.39 is 18.0 Å². The van der Waals surface area contributed by atoms with Gasteiger partial charge in [0.1, 0.15) is 12.6 Å². The van der Waals surface area contributed by atoms with Gasteiger partial charge in [0, 0.05) is 12.4 Å². The zero-order chi connectivity index (χ0) is 13.9. The van der Waals surface area contributed by atoms with E-state index >= 15 is 0 Å². The fourth-order valence-electron chi connectivity index (χ4n) is 2.19. The maximum absolute atomic E-state index is 12.4. The van der Waals surface area contributed by atoms with Crippen molar-refractivity contribution in [2.75, 3.05) is 6.61 Å². The molecule has 1 aliphatic rings. The standard InChI is InChI=1S/C15H12N2O3/c18-14(12-7-4-8-16-9-12)17-13(10-20-15(17)19)11-5-2-1-3-6-11/h1-9,13H,10H2/t13-/m1/s1. The van der Waals surface area contributed by atoms with Gasteiger partial charge in [0.2, 0.25) is 0 Å². The third-order valence-corrected chi connectivity index (χ3v) is 3.18. The lowest BCUT2D eigenvalue weighted by Gasteiger charge is -2.19. The number of amides is 2. The summed E-state index contributed by atoms with van der Waals surface area (Å²) in [7, 11) is 0. The molecule has 1 atom stereocenters. The van der Waals surface area contributed by atoms with Gasteiger partial charge < -0.3 is 4.74 Å². The van der Waals surface area contributed by atoms with Gasteiger partial charge in [-0.2, -0.15) is 0 Å². The van der Waals surface area contributed by atoms with Gasteiger partial charge in [-0.25, -0.2) is 9.69 Å². The van der Waals surface area contributed by atoms with E-state index in [0.717, 1.165) is 10.5 Å². The third kappa shape index (κ3) is 2.14. The maximum atomic E-state index is 12.4. The summed E-state index contributed by atoms with van der Waals surface area (Å²) in [6.07, 6.45) is 2.40. The molecule has 0 saturated carbocycles. The summed E-state index contributed by atoms with van der Waals surface area (Å²) in [6, 6.07) is 12.3. The SMILES string of the molecule is O=C1OC[C@H](c2ccccc2)N1C(=O)c1cccnc1. The number of cyclic esters (lactones) is 1. The molecule has 1 fully saturated rings. The number of benzene rings is 1. The summed E-state index contributed by atoms with van der Waals surface area (Å²) < 4.78 is 5.02.